The number of aliphatic hydroxyl groups is 1. The molecular formula is C5H14O2. The summed E-state index contributed by atoms with van der Waals surface area (Å²) in [6.45, 7) is 4.71. The van der Waals surface area contributed by atoms with Gasteiger partial charge in [0.25, 0.3) is 0 Å². The normalized spacial score (nSPS) is 6.86. The van der Waals surface area contributed by atoms with Gasteiger partial charge in [0.1, 0.15) is 0 Å². The minimum atomic E-state index is 0.250. The van der Waals surface area contributed by atoms with E-state index < -0.39 is 0 Å². The fraction of sp³-hybridized carbons (Fsp3) is 1.00. The molecule has 46 valence electrons. The van der Waals surface area contributed by atoms with Gasteiger partial charge in [-0.15, -0.1) is 0 Å². The fourth-order valence-corrected chi connectivity index (χ4v) is 0. The van der Waals surface area contributed by atoms with Crippen LogP contribution in [0.1, 0.15) is 13.8 Å². The lowest BCUT2D eigenvalue weighted by Crippen LogP contribution is -1.73. The van der Waals surface area contributed by atoms with Crippen LogP contribution in [-0.4, -0.2) is 25.4 Å². The van der Waals surface area contributed by atoms with Crippen LogP contribution in [0.3, 0.4) is 0 Å². The molecule has 0 aliphatic rings. The SMILES string of the molecule is CCO.CCOC. The van der Waals surface area contributed by atoms with E-state index in [1.165, 1.54) is 0 Å². The summed E-state index contributed by atoms with van der Waals surface area (Å²) in [6.07, 6.45) is 0. The second-order valence-electron chi connectivity index (χ2n) is 0.894. The summed E-state index contributed by atoms with van der Waals surface area (Å²) in [7, 11) is 1.68. The zero-order valence-corrected chi connectivity index (χ0v) is 5.27. The number of rotatable bonds is 1. The second kappa shape index (κ2) is 16.8. The molecule has 2 heteroatoms. The van der Waals surface area contributed by atoms with Crippen molar-refractivity contribution in [2.75, 3.05) is 20.3 Å². The van der Waals surface area contributed by atoms with Crippen LogP contribution < -0.4 is 0 Å². The summed E-state index contributed by atoms with van der Waals surface area (Å²) in [5, 5.41) is 7.57. The highest BCUT2D eigenvalue weighted by molar-refractivity contribution is 3.94. The Kier molecular flexibility index (Phi) is 24.1. The topological polar surface area (TPSA) is 29.5 Å². The molecule has 0 radical (unpaired) electrons. The van der Waals surface area contributed by atoms with E-state index in [-0.39, 0.29) is 6.61 Å². The van der Waals surface area contributed by atoms with Crippen molar-refractivity contribution in [3.63, 3.8) is 0 Å². The lowest BCUT2D eigenvalue weighted by molar-refractivity contribution is 0.215. The van der Waals surface area contributed by atoms with Crippen molar-refractivity contribution >= 4 is 0 Å². The van der Waals surface area contributed by atoms with Gasteiger partial charge in [0.2, 0.25) is 0 Å². The van der Waals surface area contributed by atoms with Gasteiger partial charge in [-0.3, -0.25) is 0 Å². The highest BCUT2D eigenvalue weighted by Crippen LogP contribution is 1.52. The molecule has 0 saturated heterocycles. The van der Waals surface area contributed by atoms with Crippen LogP contribution in [0.4, 0.5) is 0 Å². The van der Waals surface area contributed by atoms with Gasteiger partial charge in [-0.25, -0.2) is 0 Å². The Hall–Kier alpha value is -0.0800. The lowest BCUT2D eigenvalue weighted by atomic mass is 10.9. The monoisotopic (exact) mass is 106 g/mol. The van der Waals surface area contributed by atoms with E-state index in [1.807, 2.05) is 6.92 Å². The molecule has 0 aromatic heterocycles. The Balaban J connectivity index is 0. The van der Waals surface area contributed by atoms with Crippen molar-refractivity contribution in [3.8, 4) is 0 Å². The van der Waals surface area contributed by atoms with Gasteiger partial charge in [0.15, 0.2) is 0 Å². The molecule has 0 aromatic rings. The molecule has 0 aromatic carbocycles. The minimum absolute atomic E-state index is 0.250. The van der Waals surface area contributed by atoms with E-state index in [9.17, 15) is 0 Å². The molecule has 1 N–H and O–H groups in total. The van der Waals surface area contributed by atoms with Crippen LogP contribution in [0.5, 0.6) is 0 Å². The highest BCUT2D eigenvalue weighted by atomic mass is 16.5. The van der Waals surface area contributed by atoms with Gasteiger partial charge in [0, 0.05) is 20.3 Å². The predicted octanol–water partition coefficient (Wildman–Crippen LogP) is 0.651. The van der Waals surface area contributed by atoms with Gasteiger partial charge < -0.3 is 9.84 Å². The molecule has 0 bridgehead atoms. The molecule has 0 saturated carbocycles. The van der Waals surface area contributed by atoms with Gasteiger partial charge in [-0.1, -0.05) is 0 Å². The van der Waals surface area contributed by atoms with Crippen molar-refractivity contribution < 1.29 is 9.84 Å². The van der Waals surface area contributed by atoms with Gasteiger partial charge in [0.05, 0.1) is 0 Å². The van der Waals surface area contributed by atoms with Crippen LogP contribution >= 0.6 is 0 Å². The first-order valence-electron chi connectivity index (χ1n) is 2.43. The molecule has 0 heterocycles. The van der Waals surface area contributed by atoms with E-state index in [0.29, 0.717) is 0 Å². The molecule has 7 heavy (non-hydrogen) atoms. The van der Waals surface area contributed by atoms with Crippen molar-refractivity contribution in [1.29, 1.82) is 0 Å². The third kappa shape index (κ3) is 107. The molecule has 0 aliphatic heterocycles. The van der Waals surface area contributed by atoms with Crippen molar-refractivity contribution in [2.24, 2.45) is 0 Å². The summed E-state index contributed by atoms with van der Waals surface area (Å²) in [4.78, 5) is 0. The summed E-state index contributed by atoms with van der Waals surface area (Å²) in [6, 6.07) is 0. The van der Waals surface area contributed by atoms with Crippen molar-refractivity contribution in [2.45, 2.75) is 13.8 Å². The van der Waals surface area contributed by atoms with Crippen LogP contribution in [0.15, 0.2) is 0 Å². The summed E-state index contributed by atoms with van der Waals surface area (Å²) in [5.74, 6) is 0. The first-order valence-corrected chi connectivity index (χ1v) is 2.43. The summed E-state index contributed by atoms with van der Waals surface area (Å²) >= 11 is 0. The summed E-state index contributed by atoms with van der Waals surface area (Å²) in [5.41, 5.74) is 0. The maximum atomic E-state index is 7.57. The van der Waals surface area contributed by atoms with Crippen LogP contribution in [-0.2, 0) is 4.74 Å². The van der Waals surface area contributed by atoms with Crippen molar-refractivity contribution in [3.05, 3.63) is 0 Å². The molecule has 0 aliphatic carbocycles. The number of hydrogen-bond donors (Lipinski definition) is 1. The van der Waals surface area contributed by atoms with Crippen LogP contribution in [0.25, 0.3) is 0 Å². The quantitative estimate of drug-likeness (QED) is 0.532. The van der Waals surface area contributed by atoms with E-state index in [2.05, 4.69) is 4.74 Å². The Labute approximate surface area is 45.1 Å². The summed E-state index contributed by atoms with van der Waals surface area (Å²) < 4.78 is 4.54. The first kappa shape index (κ1) is 10.0. The first-order chi connectivity index (χ1) is 3.33. The lowest BCUT2D eigenvalue weighted by Gasteiger charge is -1.76. The Morgan fingerprint density at radius 2 is 1.57 bits per heavy atom. The molecule has 0 spiro atoms. The van der Waals surface area contributed by atoms with E-state index in [0.717, 1.165) is 6.61 Å². The molecule has 0 atom stereocenters. The van der Waals surface area contributed by atoms with Gasteiger partial charge in [-0.05, 0) is 13.8 Å². The second-order valence-corrected chi connectivity index (χ2v) is 0.894. The molecule has 0 rings (SSSR count). The average molecular weight is 106 g/mol. The molecule has 0 unspecified atom stereocenters. The number of hydrogen-bond acceptors (Lipinski definition) is 2. The van der Waals surface area contributed by atoms with Crippen LogP contribution in [0.2, 0.25) is 0 Å². The predicted molar refractivity (Wildman–Crippen MR) is 30.3 cm³/mol. The zero-order chi connectivity index (χ0) is 6.12. The van der Waals surface area contributed by atoms with Gasteiger partial charge in [-0.2, -0.15) is 0 Å². The van der Waals surface area contributed by atoms with E-state index >= 15 is 0 Å². The largest absolute Gasteiger partial charge is 0.397 e. The Morgan fingerprint density at radius 1 is 1.43 bits per heavy atom. The maximum absolute atomic E-state index is 7.57. The number of methoxy groups -OCH3 is 1. The van der Waals surface area contributed by atoms with Gasteiger partial charge >= 0.3 is 0 Å². The number of ether oxygens (including phenoxy) is 1. The molecule has 0 fully saturated rings. The molecule has 0 amide bonds. The Bertz CT molecular complexity index is 13.6. The maximum Gasteiger partial charge on any atom is 0.0433 e. The minimum Gasteiger partial charge on any atom is -0.397 e. The zero-order valence-electron chi connectivity index (χ0n) is 5.27. The average Bonchev–Trinajstić information content (AvgIpc) is 1.69. The van der Waals surface area contributed by atoms with E-state index in [1.54, 1.807) is 14.0 Å². The fourth-order valence-electron chi connectivity index (χ4n) is 0. The molecular weight excluding hydrogens is 92.1 g/mol. The molecule has 2 nitrogen and oxygen atoms in total. The standard InChI is InChI=1S/C3H8O.C2H6O/c1-3-4-2;1-2-3/h3H2,1-2H3;3H,2H2,1H3. The third-order valence-corrected chi connectivity index (χ3v) is 0.289. The third-order valence-electron chi connectivity index (χ3n) is 0.289. The smallest absolute Gasteiger partial charge is 0.0433 e. The van der Waals surface area contributed by atoms with Crippen LogP contribution in [0, 0.1) is 0 Å². The highest BCUT2D eigenvalue weighted by Gasteiger charge is 1.51. The van der Waals surface area contributed by atoms with Crippen molar-refractivity contribution in [1.82, 2.24) is 0 Å². The Morgan fingerprint density at radius 3 is 1.57 bits per heavy atom. The number of aliphatic hydroxyl groups excluding tert-OH is 1. The van der Waals surface area contributed by atoms with E-state index in [4.69, 9.17) is 5.11 Å².